The SMILES string of the molecule is CCCNc1ncc(Cl)c(NCCOCCO)n1. The molecular weight excluding hydrogens is 256 g/mol. The fourth-order valence-electron chi connectivity index (χ4n) is 1.22. The summed E-state index contributed by atoms with van der Waals surface area (Å²) in [4.78, 5) is 8.33. The Hall–Kier alpha value is -1.11. The van der Waals surface area contributed by atoms with Crippen LogP contribution < -0.4 is 10.6 Å². The molecule has 0 aliphatic rings. The molecule has 0 atom stereocenters. The van der Waals surface area contributed by atoms with Gasteiger partial charge in [-0.1, -0.05) is 18.5 Å². The molecule has 6 nitrogen and oxygen atoms in total. The second-order valence-electron chi connectivity index (χ2n) is 3.58. The molecule has 0 spiro atoms. The minimum Gasteiger partial charge on any atom is -0.394 e. The average molecular weight is 275 g/mol. The molecule has 18 heavy (non-hydrogen) atoms. The standard InChI is InChI=1S/C11H19ClN4O2/c1-2-3-14-11-15-8-9(12)10(16-11)13-4-6-18-7-5-17/h8,17H,2-7H2,1H3,(H2,13,14,15,16). The van der Waals surface area contributed by atoms with E-state index in [-0.39, 0.29) is 6.61 Å². The van der Waals surface area contributed by atoms with Crippen LogP contribution in [0.2, 0.25) is 5.02 Å². The number of rotatable bonds is 9. The van der Waals surface area contributed by atoms with Gasteiger partial charge in [0, 0.05) is 13.1 Å². The largest absolute Gasteiger partial charge is 0.394 e. The number of aliphatic hydroxyl groups excluding tert-OH is 1. The average Bonchev–Trinajstić information content (AvgIpc) is 2.39. The third-order valence-electron chi connectivity index (χ3n) is 2.05. The second kappa shape index (κ2) is 8.91. The predicted molar refractivity (Wildman–Crippen MR) is 72.2 cm³/mol. The third kappa shape index (κ3) is 5.48. The van der Waals surface area contributed by atoms with Crippen molar-refractivity contribution >= 4 is 23.4 Å². The highest BCUT2D eigenvalue weighted by Crippen LogP contribution is 2.18. The summed E-state index contributed by atoms with van der Waals surface area (Å²) in [6.45, 7) is 4.31. The topological polar surface area (TPSA) is 79.3 Å². The maximum absolute atomic E-state index is 8.55. The molecule has 0 bridgehead atoms. The minimum absolute atomic E-state index is 0.0271. The van der Waals surface area contributed by atoms with Gasteiger partial charge in [-0.15, -0.1) is 0 Å². The smallest absolute Gasteiger partial charge is 0.224 e. The fraction of sp³-hybridized carbons (Fsp3) is 0.636. The first-order chi connectivity index (χ1) is 8.77. The van der Waals surface area contributed by atoms with Gasteiger partial charge in [0.15, 0.2) is 5.82 Å². The Bertz CT molecular complexity index is 352. The number of anilines is 2. The van der Waals surface area contributed by atoms with Crippen LogP contribution in [0, 0.1) is 0 Å². The molecular formula is C11H19ClN4O2. The monoisotopic (exact) mass is 274 g/mol. The molecule has 0 aliphatic carbocycles. The van der Waals surface area contributed by atoms with Crippen LogP contribution in [-0.4, -0.2) is 48.0 Å². The van der Waals surface area contributed by atoms with E-state index < -0.39 is 0 Å². The Morgan fingerprint density at radius 2 is 2.17 bits per heavy atom. The van der Waals surface area contributed by atoms with E-state index in [2.05, 4.69) is 27.5 Å². The van der Waals surface area contributed by atoms with Gasteiger partial charge >= 0.3 is 0 Å². The van der Waals surface area contributed by atoms with Gasteiger partial charge in [0.05, 0.1) is 26.0 Å². The molecule has 0 fully saturated rings. The van der Waals surface area contributed by atoms with Crippen molar-refractivity contribution in [2.45, 2.75) is 13.3 Å². The number of aromatic nitrogens is 2. The first kappa shape index (κ1) is 14.9. The Balaban J connectivity index is 2.42. The second-order valence-corrected chi connectivity index (χ2v) is 3.99. The van der Waals surface area contributed by atoms with E-state index in [1.165, 1.54) is 0 Å². The van der Waals surface area contributed by atoms with Gasteiger partial charge in [0.2, 0.25) is 5.95 Å². The third-order valence-corrected chi connectivity index (χ3v) is 2.33. The normalized spacial score (nSPS) is 10.4. The zero-order valence-corrected chi connectivity index (χ0v) is 11.2. The van der Waals surface area contributed by atoms with Crippen molar-refractivity contribution < 1.29 is 9.84 Å². The van der Waals surface area contributed by atoms with Crippen LogP contribution in [0.3, 0.4) is 0 Å². The van der Waals surface area contributed by atoms with Crippen LogP contribution in [0.1, 0.15) is 13.3 Å². The summed E-state index contributed by atoms with van der Waals surface area (Å²) in [7, 11) is 0. The summed E-state index contributed by atoms with van der Waals surface area (Å²) < 4.78 is 5.12. The van der Waals surface area contributed by atoms with Gasteiger partial charge in [-0.05, 0) is 6.42 Å². The van der Waals surface area contributed by atoms with E-state index in [0.717, 1.165) is 13.0 Å². The van der Waals surface area contributed by atoms with Gasteiger partial charge < -0.3 is 20.5 Å². The van der Waals surface area contributed by atoms with Crippen molar-refractivity contribution in [2.24, 2.45) is 0 Å². The molecule has 0 saturated heterocycles. The molecule has 0 aromatic carbocycles. The lowest BCUT2D eigenvalue weighted by Crippen LogP contribution is -2.13. The molecule has 0 saturated carbocycles. The molecule has 102 valence electrons. The van der Waals surface area contributed by atoms with Crippen LogP contribution in [0.25, 0.3) is 0 Å². The van der Waals surface area contributed by atoms with E-state index in [0.29, 0.717) is 36.5 Å². The molecule has 3 N–H and O–H groups in total. The number of ether oxygens (including phenoxy) is 1. The van der Waals surface area contributed by atoms with E-state index in [1.54, 1.807) is 6.20 Å². The number of hydrogen-bond donors (Lipinski definition) is 3. The van der Waals surface area contributed by atoms with Crippen LogP contribution >= 0.6 is 11.6 Å². The van der Waals surface area contributed by atoms with Crippen LogP contribution in [-0.2, 0) is 4.74 Å². The maximum Gasteiger partial charge on any atom is 0.224 e. The first-order valence-electron chi connectivity index (χ1n) is 5.96. The van der Waals surface area contributed by atoms with Crippen molar-refractivity contribution in [2.75, 3.05) is 43.5 Å². The van der Waals surface area contributed by atoms with E-state index in [4.69, 9.17) is 21.4 Å². The highest BCUT2D eigenvalue weighted by Gasteiger charge is 2.04. The lowest BCUT2D eigenvalue weighted by molar-refractivity contribution is 0.0992. The highest BCUT2D eigenvalue weighted by atomic mass is 35.5. The Morgan fingerprint density at radius 1 is 1.33 bits per heavy atom. The van der Waals surface area contributed by atoms with Crippen molar-refractivity contribution in [3.63, 3.8) is 0 Å². The molecule has 0 radical (unpaired) electrons. The lowest BCUT2D eigenvalue weighted by atomic mass is 10.5. The summed E-state index contributed by atoms with van der Waals surface area (Å²) in [5.41, 5.74) is 0. The Kier molecular flexibility index (Phi) is 7.40. The number of hydrogen-bond acceptors (Lipinski definition) is 6. The van der Waals surface area contributed by atoms with Gasteiger partial charge in [-0.25, -0.2) is 4.98 Å². The molecule has 0 aliphatic heterocycles. The number of halogens is 1. The summed E-state index contributed by atoms with van der Waals surface area (Å²) in [5.74, 6) is 1.14. The van der Waals surface area contributed by atoms with Crippen molar-refractivity contribution in [3.8, 4) is 0 Å². The van der Waals surface area contributed by atoms with Crippen LogP contribution in [0.15, 0.2) is 6.20 Å². The van der Waals surface area contributed by atoms with E-state index in [1.807, 2.05) is 0 Å². The number of aliphatic hydroxyl groups is 1. The lowest BCUT2D eigenvalue weighted by Gasteiger charge is -2.09. The van der Waals surface area contributed by atoms with Gasteiger partial charge in [-0.3, -0.25) is 0 Å². The van der Waals surface area contributed by atoms with Gasteiger partial charge in [-0.2, -0.15) is 4.98 Å². The molecule has 1 aromatic heterocycles. The number of nitrogens with zero attached hydrogens (tertiary/aromatic N) is 2. The van der Waals surface area contributed by atoms with Crippen LogP contribution in [0.4, 0.5) is 11.8 Å². The summed E-state index contributed by atoms with van der Waals surface area (Å²) in [5, 5.41) is 15.2. The van der Waals surface area contributed by atoms with E-state index >= 15 is 0 Å². The molecule has 1 rings (SSSR count). The summed E-state index contributed by atoms with van der Waals surface area (Å²) >= 11 is 5.97. The highest BCUT2D eigenvalue weighted by molar-refractivity contribution is 6.32. The van der Waals surface area contributed by atoms with Gasteiger partial charge in [0.1, 0.15) is 5.02 Å². The fourth-order valence-corrected chi connectivity index (χ4v) is 1.38. The van der Waals surface area contributed by atoms with Crippen molar-refractivity contribution in [3.05, 3.63) is 11.2 Å². The molecule has 1 heterocycles. The van der Waals surface area contributed by atoms with Gasteiger partial charge in [0.25, 0.3) is 0 Å². The minimum atomic E-state index is 0.0271. The Labute approximate surface area is 112 Å². The molecule has 1 aromatic rings. The number of nitrogens with one attached hydrogen (secondary N) is 2. The predicted octanol–water partition coefficient (Wildman–Crippen LogP) is 1.37. The Morgan fingerprint density at radius 3 is 2.89 bits per heavy atom. The summed E-state index contributed by atoms with van der Waals surface area (Å²) in [6.07, 6.45) is 2.56. The van der Waals surface area contributed by atoms with E-state index in [9.17, 15) is 0 Å². The zero-order valence-electron chi connectivity index (χ0n) is 10.4. The van der Waals surface area contributed by atoms with Crippen LogP contribution in [0.5, 0.6) is 0 Å². The molecule has 0 amide bonds. The first-order valence-corrected chi connectivity index (χ1v) is 6.34. The molecule has 7 heteroatoms. The molecule has 0 unspecified atom stereocenters. The van der Waals surface area contributed by atoms with Crippen molar-refractivity contribution in [1.82, 2.24) is 9.97 Å². The maximum atomic E-state index is 8.55. The summed E-state index contributed by atoms with van der Waals surface area (Å²) in [6, 6.07) is 0. The zero-order chi connectivity index (χ0) is 13.2. The quantitative estimate of drug-likeness (QED) is 0.590. The van der Waals surface area contributed by atoms with Crippen molar-refractivity contribution in [1.29, 1.82) is 0 Å².